The molecular weight excluding hydrogens is 242 g/mol. The van der Waals surface area contributed by atoms with Crippen LogP contribution in [-0.4, -0.2) is 30.1 Å². The lowest BCUT2D eigenvalue weighted by molar-refractivity contribution is 0.102. The Hall–Kier alpha value is -2.56. The molecule has 0 aliphatic rings. The maximum Gasteiger partial charge on any atom is 0.257 e. The molecule has 98 valence electrons. The van der Waals surface area contributed by atoms with Crippen molar-refractivity contribution >= 4 is 17.3 Å². The molecule has 0 saturated carbocycles. The second-order valence-electron chi connectivity index (χ2n) is 4.30. The third kappa shape index (κ3) is 3.01. The van der Waals surface area contributed by atoms with Gasteiger partial charge in [-0.25, -0.2) is 0 Å². The third-order valence-corrected chi connectivity index (χ3v) is 2.62. The highest BCUT2D eigenvalue weighted by atomic mass is 16.3. The largest absolute Gasteiger partial charge is 0.506 e. The van der Waals surface area contributed by atoms with E-state index in [1.165, 1.54) is 18.5 Å². The molecule has 0 atom stereocenters. The molecule has 19 heavy (non-hydrogen) atoms. The number of hydrogen-bond acceptors (Lipinski definition) is 4. The minimum Gasteiger partial charge on any atom is -0.506 e. The van der Waals surface area contributed by atoms with Gasteiger partial charge in [-0.2, -0.15) is 0 Å². The molecule has 2 rings (SSSR count). The number of hydrogen-bond donors (Lipinski definition) is 2. The van der Waals surface area contributed by atoms with Gasteiger partial charge >= 0.3 is 0 Å². The van der Waals surface area contributed by atoms with Crippen molar-refractivity contribution in [2.75, 3.05) is 24.3 Å². The summed E-state index contributed by atoms with van der Waals surface area (Å²) >= 11 is 0. The molecule has 1 amide bonds. The molecular formula is C14H15N3O2. The zero-order valence-corrected chi connectivity index (χ0v) is 10.8. The van der Waals surface area contributed by atoms with E-state index in [0.29, 0.717) is 11.3 Å². The first-order valence-electron chi connectivity index (χ1n) is 5.79. The molecule has 1 aromatic heterocycles. The molecule has 0 aliphatic heterocycles. The number of anilines is 2. The van der Waals surface area contributed by atoms with Crippen LogP contribution in [0.1, 0.15) is 10.4 Å². The van der Waals surface area contributed by atoms with E-state index < -0.39 is 0 Å². The Kier molecular flexibility index (Phi) is 3.66. The molecule has 0 saturated heterocycles. The third-order valence-electron chi connectivity index (χ3n) is 2.62. The predicted octanol–water partition coefficient (Wildman–Crippen LogP) is 2.11. The number of para-hydroxylation sites is 2. The van der Waals surface area contributed by atoms with Gasteiger partial charge in [0, 0.05) is 20.3 Å². The Morgan fingerprint density at radius 2 is 2.00 bits per heavy atom. The molecule has 0 aliphatic carbocycles. The van der Waals surface area contributed by atoms with Gasteiger partial charge in [-0.1, -0.05) is 12.1 Å². The second-order valence-corrected chi connectivity index (χ2v) is 4.30. The predicted molar refractivity (Wildman–Crippen MR) is 74.6 cm³/mol. The summed E-state index contributed by atoms with van der Waals surface area (Å²) in [7, 11) is 3.81. The van der Waals surface area contributed by atoms with Gasteiger partial charge in [0.2, 0.25) is 0 Å². The zero-order chi connectivity index (χ0) is 13.8. The van der Waals surface area contributed by atoms with Gasteiger partial charge < -0.3 is 15.3 Å². The summed E-state index contributed by atoms with van der Waals surface area (Å²) in [6.45, 7) is 0. The van der Waals surface area contributed by atoms with Crippen LogP contribution in [0, 0.1) is 0 Å². The van der Waals surface area contributed by atoms with Crippen LogP contribution in [0.3, 0.4) is 0 Å². The average Bonchev–Trinajstić information content (AvgIpc) is 2.39. The number of rotatable bonds is 3. The van der Waals surface area contributed by atoms with Crippen LogP contribution in [-0.2, 0) is 0 Å². The maximum atomic E-state index is 12.1. The monoisotopic (exact) mass is 257 g/mol. The van der Waals surface area contributed by atoms with E-state index in [0.717, 1.165) is 5.69 Å². The van der Waals surface area contributed by atoms with Gasteiger partial charge in [0.15, 0.2) is 0 Å². The van der Waals surface area contributed by atoms with Crippen molar-refractivity contribution < 1.29 is 9.90 Å². The Labute approximate surface area is 111 Å². The summed E-state index contributed by atoms with van der Waals surface area (Å²) in [5.74, 6) is -0.341. The molecule has 0 fully saturated rings. The number of nitrogens with zero attached hydrogens (tertiary/aromatic N) is 2. The molecule has 0 bridgehead atoms. The van der Waals surface area contributed by atoms with Crippen LogP contribution in [0.4, 0.5) is 11.4 Å². The molecule has 1 heterocycles. The number of pyridine rings is 1. The molecule has 5 heteroatoms. The van der Waals surface area contributed by atoms with E-state index in [4.69, 9.17) is 0 Å². The minimum absolute atomic E-state index is 0.0338. The molecule has 0 unspecified atom stereocenters. The number of aromatic nitrogens is 1. The van der Waals surface area contributed by atoms with Crippen LogP contribution < -0.4 is 10.2 Å². The summed E-state index contributed by atoms with van der Waals surface area (Å²) in [5, 5.41) is 12.1. The van der Waals surface area contributed by atoms with Crippen LogP contribution >= 0.6 is 0 Å². The first-order chi connectivity index (χ1) is 9.08. The van der Waals surface area contributed by atoms with E-state index in [1.807, 2.05) is 43.3 Å². The number of nitrogens with one attached hydrogen (secondary N) is 1. The van der Waals surface area contributed by atoms with Gasteiger partial charge in [0.05, 0.1) is 23.1 Å². The second kappa shape index (κ2) is 5.39. The number of carbonyl (C=O) groups is 1. The smallest absolute Gasteiger partial charge is 0.257 e. The van der Waals surface area contributed by atoms with Crippen molar-refractivity contribution in [1.29, 1.82) is 0 Å². The normalized spacial score (nSPS) is 10.0. The molecule has 2 aromatic rings. The standard InChI is InChI=1S/C14H15N3O2/c1-17(2)13-6-4-3-5-12(13)16-14(19)10-7-11(18)9-15-8-10/h3-9,18H,1-2H3,(H,16,19). The summed E-state index contributed by atoms with van der Waals surface area (Å²) in [5.41, 5.74) is 1.93. The van der Waals surface area contributed by atoms with Gasteiger partial charge in [-0.3, -0.25) is 9.78 Å². The number of aromatic hydroxyl groups is 1. The fourth-order valence-electron chi connectivity index (χ4n) is 1.72. The van der Waals surface area contributed by atoms with Crippen molar-refractivity contribution in [3.8, 4) is 5.75 Å². The van der Waals surface area contributed by atoms with E-state index in [9.17, 15) is 9.90 Å². The highest BCUT2D eigenvalue weighted by Crippen LogP contribution is 2.24. The van der Waals surface area contributed by atoms with Gasteiger partial charge in [-0.15, -0.1) is 0 Å². The summed E-state index contributed by atoms with van der Waals surface area (Å²) in [6, 6.07) is 8.87. The first kappa shape index (κ1) is 12.9. The Balaban J connectivity index is 2.24. The van der Waals surface area contributed by atoms with Crippen LogP contribution in [0.2, 0.25) is 0 Å². The Bertz CT molecular complexity index is 597. The van der Waals surface area contributed by atoms with Gasteiger partial charge in [0.25, 0.3) is 5.91 Å². The molecule has 0 radical (unpaired) electrons. The maximum absolute atomic E-state index is 12.1. The topological polar surface area (TPSA) is 65.5 Å². The first-order valence-corrected chi connectivity index (χ1v) is 5.79. The highest BCUT2D eigenvalue weighted by Gasteiger charge is 2.10. The van der Waals surface area contributed by atoms with Crippen molar-refractivity contribution in [1.82, 2.24) is 4.98 Å². The molecule has 0 spiro atoms. The van der Waals surface area contributed by atoms with E-state index in [2.05, 4.69) is 10.3 Å². The highest BCUT2D eigenvalue weighted by molar-refractivity contribution is 6.05. The van der Waals surface area contributed by atoms with Crippen LogP contribution in [0.5, 0.6) is 5.75 Å². The van der Waals surface area contributed by atoms with Crippen LogP contribution in [0.15, 0.2) is 42.7 Å². The zero-order valence-electron chi connectivity index (χ0n) is 10.8. The quantitative estimate of drug-likeness (QED) is 0.883. The van der Waals surface area contributed by atoms with Gasteiger partial charge in [-0.05, 0) is 18.2 Å². The Morgan fingerprint density at radius 1 is 1.26 bits per heavy atom. The van der Waals surface area contributed by atoms with Crippen LogP contribution in [0.25, 0.3) is 0 Å². The average molecular weight is 257 g/mol. The lowest BCUT2D eigenvalue weighted by Crippen LogP contribution is -2.16. The number of amides is 1. The molecule has 1 aromatic carbocycles. The van der Waals surface area contributed by atoms with Crippen molar-refractivity contribution in [2.24, 2.45) is 0 Å². The SMILES string of the molecule is CN(C)c1ccccc1NC(=O)c1cncc(O)c1. The summed E-state index contributed by atoms with van der Waals surface area (Å²) < 4.78 is 0. The van der Waals surface area contributed by atoms with E-state index in [-0.39, 0.29) is 11.7 Å². The summed E-state index contributed by atoms with van der Waals surface area (Å²) in [6.07, 6.45) is 2.69. The summed E-state index contributed by atoms with van der Waals surface area (Å²) in [4.78, 5) is 17.8. The molecule has 2 N–H and O–H groups in total. The number of benzene rings is 1. The lowest BCUT2D eigenvalue weighted by atomic mass is 10.2. The fourth-order valence-corrected chi connectivity index (χ4v) is 1.72. The minimum atomic E-state index is -0.308. The van der Waals surface area contributed by atoms with Crippen molar-refractivity contribution in [2.45, 2.75) is 0 Å². The van der Waals surface area contributed by atoms with Gasteiger partial charge in [0.1, 0.15) is 5.75 Å². The van der Waals surface area contributed by atoms with E-state index >= 15 is 0 Å². The Morgan fingerprint density at radius 3 is 2.68 bits per heavy atom. The number of carbonyl (C=O) groups excluding carboxylic acids is 1. The van der Waals surface area contributed by atoms with Crippen molar-refractivity contribution in [3.05, 3.63) is 48.3 Å². The fraction of sp³-hybridized carbons (Fsp3) is 0.143. The van der Waals surface area contributed by atoms with E-state index in [1.54, 1.807) is 0 Å². The van der Waals surface area contributed by atoms with Crippen molar-refractivity contribution in [3.63, 3.8) is 0 Å². The lowest BCUT2D eigenvalue weighted by Gasteiger charge is -2.17. The molecule has 5 nitrogen and oxygen atoms in total.